The fraction of sp³-hybridized carbons (Fsp3) is 0.444. The molecule has 0 radical (unpaired) electrons. The van der Waals surface area contributed by atoms with Crippen LogP contribution >= 0.6 is 0 Å². The zero-order valence-corrected chi connectivity index (χ0v) is 15.0. The lowest BCUT2D eigenvalue weighted by Crippen LogP contribution is -2.58. The highest BCUT2D eigenvalue weighted by Crippen LogP contribution is 2.42. The monoisotopic (exact) mass is 373 g/mol. The van der Waals surface area contributed by atoms with E-state index in [1.807, 2.05) is 0 Å². The van der Waals surface area contributed by atoms with Gasteiger partial charge in [-0.25, -0.2) is 4.79 Å². The van der Waals surface area contributed by atoms with Crippen molar-refractivity contribution in [1.82, 2.24) is 5.32 Å². The van der Waals surface area contributed by atoms with Gasteiger partial charge in [-0.1, -0.05) is 50.3 Å². The Labute approximate surface area is 150 Å². The van der Waals surface area contributed by atoms with Crippen LogP contribution in [0.3, 0.4) is 0 Å². The summed E-state index contributed by atoms with van der Waals surface area (Å²) < 4.78 is 50.7. The van der Waals surface area contributed by atoms with Gasteiger partial charge in [-0.2, -0.15) is 13.2 Å². The van der Waals surface area contributed by atoms with Crippen LogP contribution in [0.25, 0.3) is 0 Å². The van der Waals surface area contributed by atoms with Crippen LogP contribution in [0.4, 0.5) is 13.2 Å². The average molecular weight is 373 g/mol. The second-order valence-electron chi connectivity index (χ2n) is 5.87. The van der Waals surface area contributed by atoms with E-state index >= 15 is 0 Å². The molecule has 1 N–H and O–H groups in total. The summed E-state index contributed by atoms with van der Waals surface area (Å²) >= 11 is 0. The molecule has 0 heterocycles. The number of esters is 1. The first-order valence-electron chi connectivity index (χ1n) is 7.84. The third kappa shape index (κ3) is 4.63. The van der Waals surface area contributed by atoms with E-state index in [4.69, 9.17) is 4.74 Å². The molecule has 0 aliphatic carbocycles. The summed E-state index contributed by atoms with van der Waals surface area (Å²) in [6.45, 7) is 3.38. The molecule has 0 aromatic heterocycles. The number of carbonyl (C=O) groups excluding carboxylic acids is 2. The topological polar surface area (TPSA) is 64.6 Å². The Hall–Kier alpha value is -2.35. The molecule has 26 heavy (non-hydrogen) atoms. The fourth-order valence-electron chi connectivity index (χ4n) is 2.36. The second-order valence-corrected chi connectivity index (χ2v) is 5.87. The maximum Gasteiger partial charge on any atom is 0.430 e. The lowest BCUT2D eigenvalue weighted by molar-refractivity contribution is -0.266. The van der Waals surface area contributed by atoms with Crippen molar-refractivity contribution in [3.05, 3.63) is 48.0 Å². The molecule has 1 amide bonds. The van der Waals surface area contributed by atoms with Crippen LogP contribution in [-0.2, 0) is 24.7 Å². The van der Waals surface area contributed by atoms with Crippen molar-refractivity contribution in [2.45, 2.75) is 31.7 Å². The fourth-order valence-corrected chi connectivity index (χ4v) is 2.36. The van der Waals surface area contributed by atoms with Crippen LogP contribution in [-0.4, -0.2) is 38.3 Å². The van der Waals surface area contributed by atoms with Crippen molar-refractivity contribution in [3.63, 3.8) is 0 Å². The number of methoxy groups -OCH3 is 2. The van der Waals surface area contributed by atoms with Crippen LogP contribution in [0.15, 0.2) is 42.5 Å². The van der Waals surface area contributed by atoms with Crippen molar-refractivity contribution in [1.29, 1.82) is 0 Å². The van der Waals surface area contributed by atoms with Crippen LogP contribution in [0.1, 0.15) is 19.4 Å². The number of benzene rings is 1. The van der Waals surface area contributed by atoms with Gasteiger partial charge in [0.2, 0.25) is 0 Å². The highest BCUT2D eigenvalue weighted by molar-refractivity contribution is 5.88. The van der Waals surface area contributed by atoms with Crippen LogP contribution < -0.4 is 5.32 Å². The van der Waals surface area contributed by atoms with E-state index in [1.165, 1.54) is 43.5 Å². The lowest BCUT2D eigenvalue weighted by Gasteiger charge is -2.35. The second kappa shape index (κ2) is 8.84. The molecule has 0 aliphatic rings. The first-order chi connectivity index (χ1) is 12.1. The average Bonchev–Trinajstić information content (AvgIpc) is 2.58. The van der Waals surface area contributed by atoms with Gasteiger partial charge in [0, 0.05) is 18.7 Å². The number of alkyl halides is 3. The molecular formula is C18H22F3NO4. The zero-order chi connectivity index (χ0) is 20.0. The van der Waals surface area contributed by atoms with Gasteiger partial charge in [0.25, 0.3) is 11.5 Å². The van der Waals surface area contributed by atoms with E-state index in [2.05, 4.69) is 10.1 Å². The van der Waals surface area contributed by atoms with E-state index in [0.29, 0.717) is 0 Å². The minimum Gasteiger partial charge on any atom is -0.466 e. The zero-order valence-electron chi connectivity index (χ0n) is 15.0. The number of rotatable bonds is 7. The normalized spacial score (nSPS) is 15.5. The Morgan fingerprint density at radius 1 is 1.12 bits per heavy atom. The largest absolute Gasteiger partial charge is 0.466 e. The Bertz CT molecular complexity index is 644. The molecular weight excluding hydrogens is 351 g/mol. The molecule has 8 heteroatoms. The summed E-state index contributed by atoms with van der Waals surface area (Å²) in [5, 5.41) is 2.31. The predicted molar refractivity (Wildman–Crippen MR) is 89.1 cm³/mol. The summed E-state index contributed by atoms with van der Waals surface area (Å²) in [6.07, 6.45) is -2.66. The lowest BCUT2D eigenvalue weighted by atomic mass is 9.90. The maximum absolute atomic E-state index is 13.9. The van der Waals surface area contributed by atoms with E-state index in [1.54, 1.807) is 13.8 Å². The molecule has 5 nitrogen and oxygen atoms in total. The van der Waals surface area contributed by atoms with Crippen molar-refractivity contribution in [2.75, 3.05) is 14.2 Å². The van der Waals surface area contributed by atoms with Gasteiger partial charge in [-0.3, -0.25) is 4.79 Å². The van der Waals surface area contributed by atoms with Crippen molar-refractivity contribution < 1.29 is 32.2 Å². The summed E-state index contributed by atoms with van der Waals surface area (Å²) in [5.74, 6) is -2.33. The molecule has 0 bridgehead atoms. The van der Waals surface area contributed by atoms with Crippen LogP contribution in [0.2, 0.25) is 0 Å². The molecule has 0 saturated heterocycles. The Morgan fingerprint density at radius 2 is 1.69 bits per heavy atom. The molecule has 0 fully saturated rings. The predicted octanol–water partition coefficient (Wildman–Crippen LogP) is 2.96. The van der Waals surface area contributed by atoms with Gasteiger partial charge >= 0.3 is 12.1 Å². The van der Waals surface area contributed by atoms with Gasteiger partial charge in [0.05, 0.1) is 13.2 Å². The molecule has 0 aliphatic heterocycles. The first-order valence-corrected chi connectivity index (χ1v) is 7.84. The Kier molecular flexibility index (Phi) is 7.38. The minimum atomic E-state index is -5.00. The first kappa shape index (κ1) is 21.7. The summed E-state index contributed by atoms with van der Waals surface area (Å²) in [5.41, 5.74) is -3.51. The summed E-state index contributed by atoms with van der Waals surface area (Å²) in [6, 6.07) is 5.82. The maximum atomic E-state index is 13.9. The SMILES string of the molecule is COC(=O)/C=C/[C@@H](NC(=O)[C@@](OC)(c1ccccc1)C(F)(F)F)C(C)C. The van der Waals surface area contributed by atoms with E-state index in [9.17, 15) is 22.8 Å². The molecule has 0 saturated carbocycles. The quantitative estimate of drug-likeness (QED) is 0.590. The number of carbonyl (C=O) groups is 2. The number of nitrogens with one attached hydrogen (secondary N) is 1. The van der Waals surface area contributed by atoms with Crippen molar-refractivity contribution in [2.24, 2.45) is 5.92 Å². The minimum absolute atomic E-state index is 0.279. The van der Waals surface area contributed by atoms with Crippen LogP contribution in [0.5, 0.6) is 0 Å². The third-order valence-electron chi connectivity index (χ3n) is 3.86. The van der Waals surface area contributed by atoms with Gasteiger partial charge in [0.1, 0.15) is 0 Å². The van der Waals surface area contributed by atoms with E-state index in [-0.39, 0.29) is 11.5 Å². The molecule has 2 atom stereocenters. The smallest absolute Gasteiger partial charge is 0.430 e. The molecule has 1 rings (SSSR count). The molecule has 0 spiro atoms. The summed E-state index contributed by atoms with van der Waals surface area (Å²) in [7, 11) is 2.00. The van der Waals surface area contributed by atoms with E-state index < -0.39 is 29.7 Å². The Morgan fingerprint density at radius 3 is 2.12 bits per heavy atom. The molecule has 1 aromatic carbocycles. The number of amides is 1. The van der Waals surface area contributed by atoms with E-state index in [0.717, 1.165) is 13.2 Å². The van der Waals surface area contributed by atoms with Gasteiger partial charge in [-0.05, 0) is 5.92 Å². The van der Waals surface area contributed by atoms with Gasteiger partial charge in [-0.15, -0.1) is 0 Å². The third-order valence-corrected chi connectivity index (χ3v) is 3.86. The number of hydrogen-bond donors (Lipinski definition) is 1. The number of hydrogen-bond acceptors (Lipinski definition) is 4. The molecule has 144 valence electrons. The highest BCUT2D eigenvalue weighted by Gasteiger charge is 2.62. The van der Waals surface area contributed by atoms with Crippen molar-refractivity contribution in [3.8, 4) is 0 Å². The van der Waals surface area contributed by atoms with Gasteiger partial charge < -0.3 is 14.8 Å². The standard InChI is InChI=1S/C18H22F3NO4/c1-12(2)14(10-11-15(23)25-3)22-16(24)17(26-4,18(19,20)21)13-8-6-5-7-9-13/h5-12,14H,1-4H3,(H,22,24)/b11-10+/t14-,17+/m1/s1. The Balaban J connectivity index is 3.28. The molecule has 0 unspecified atom stereocenters. The van der Waals surface area contributed by atoms with Crippen molar-refractivity contribution >= 4 is 11.9 Å². The van der Waals surface area contributed by atoms with Crippen LogP contribution in [0, 0.1) is 5.92 Å². The highest BCUT2D eigenvalue weighted by atomic mass is 19.4. The number of ether oxygens (including phenoxy) is 2. The molecule has 1 aromatic rings. The summed E-state index contributed by atoms with van der Waals surface area (Å²) in [4.78, 5) is 23.9. The van der Waals surface area contributed by atoms with Gasteiger partial charge in [0.15, 0.2) is 0 Å². The number of halogens is 3.